The summed E-state index contributed by atoms with van der Waals surface area (Å²) in [5, 5.41) is 10.0. The van der Waals surface area contributed by atoms with Crippen LogP contribution < -0.4 is 15.2 Å². The molecule has 0 saturated carbocycles. The number of hydrogen-bond acceptors (Lipinski definition) is 7. The van der Waals surface area contributed by atoms with Crippen molar-refractivity contribution in [1.82, 2.24) is 19.8 Å². The van der Waals surface area contributed by atoms with Crippen LogP contribution in [0.3, 0.4) is 0 Å². The lowest BCUT2D eigenvalue weighted by Crippen LogP contribution is -2.27. The van der Waals surface area contributed by atoms with E-state index in [2.05, 4.69) is 10.4 Å². The van der Waals surface area contributed by atoms with Gasteiger partial charge in [-0.05, 0) is 40.1 Å². The third kappa shape index (κ3) is 2.93. The van der Waals surface area contributed by atoms with Crippen LogP contribution >= 0.6 is 11.3 Å². The molecule has 9 heteroatoms. The summed E-state index contributed by atoms with van der Waals surface area (Å²) in [4.78, 5) is 24.8. The second-order valence-corrected chi connectivity index (χ2v) is 5.70. The monoisotopic (exact) mass is 346 g/mol. The summed E-state index contributed by atoms with van der Waals surface area (Å²) in [6.45, 7) is -0.229. The summed E-state index contributed by atoms with van der Waals surface area (Å²) in [6, 6.07) is 8.41. The second kappa shape index (κ2) is 6.67. The van der Waals surface area contributed by atoms with Crippen LogP contribution in [-0.4, -0.2) is 39.8 Å². The Kier molecular flexibility index (Phi) is 4.43. The first kappa shape index (κ1) is 15.9. The number of carbonyl (C=O) groups is 1. The number of ketones is 1. The Morgan fingerprint density at radius 1 is 1.21 bits per heavy atom. The Bertz CT molecular complexity index is 914. The van der Waals surface area contributed by atoms with Gasteiger partial charge in [-0.1, -0.05) is 0 Å². The molecule has 2 heterocycles. The molecule has 0 bridgehead atoms. The largest absolute Gasteiger partial charge is 0.497 e. The van der Waals surface area contributed by atoms with E-state index in [9.17, 15) is 9.59 Å². The summed E-state index contributed by atoms with van der Waals surface area (Å²) < 4.78 is 12.5. The van der Waals surface area contributed by atoms with Crippen LogP contribution in [0.5, 0.6) is 11.5 Å². The lowest BCUT2D eigenvalue weighted by molar-refractivity contribution is 0.0962. The predicted octanol–water partition coefficient (Wildman–Crippen LogP) is 1.39. The number of aromatic nitrogens is 4. The first-order chi connectivity index (χ1) is 11.6. The molecule has 24 heavy (non-hydrogen) atoms. The number of hydrogen-bond donors (Lipinski definition) is 0. The molecule has 1 aromatic carbocycles. The number of methoxy groups -OCH3 is 2. The highest BCUT2D eigenvalue weighted by molar-refractivity contribution is 7.12. The van der Waals surface area contributed by atoms with E-state index in [1.165, 1.54) is 25.6 Å². The van der Waals surface area contributed by atoms with Crippen molar-refractivity contribution in [2.24, 2.45) is 0 Å². The van der Waals surface area contributed by atoms with Crippen molar-refractivity contribution < 1.29 is 14.3 Å². The molecule has 0 N–H and O–H groups in total. The van der Waals surface area contributed by atoms with Crippen molar-refractivity contribution in [3.63, 3.8) is 0 Å². The van der Waals surface area contributed by atoms with Crippen LogP contribution in [0.15, 0.2) is 40.5 Å². The second-order valence-electron chi connectivity index (χ2n) is 4.77. The standard InChI is InChI=1S/C15H14N4O4S/c1-22-10-5-6-11(13(8-10)23-2)12(20)9-18-15(21)19(17-16-18)14-4-3-7-24-14/h3-8H,9H2,1-2H3. The maximum absolute atomic E-state index is 12.5. The fourth-order valence-electron chi connectivity index (χ4n) is 2.15. The summed E-state index contributed by atoms with van der Waals surface area (Å²) in [5.41, 5.74) is -0.130. The average molecular weight is 346 g/mol. The molecular weight excluding hydrogens is 332 g/mol. The zero-order valence-corrected chi connectivity index (χ0v) is 13.8. The SMILES string of the molecule is COc1ccc(C(=O)Cn2nnn(-c3cccs3)c2=O)c(OC)c1. The van der Waals surface area contributed by atoms with Crippen LogP contribution in [-0.2, 0) is 6.54 Å². The fourth-order valence-corrected chi connectivity index (χ4v) is 2.82. The lowest BCUT2D eigenvalue weighted by atomic mass is 10.1. The van der Waals surface area contributed by atoms with E-state index in [0.29, 0.717) is 22.1 Å². The van der Waals surface area contributed by atoms with Crippen molar-refractivity contribution in [3.8, 4) is 16.5 Å². The molecular formula is C15H14N4O4S. The number of rotatable bonds is 6. The van der Waals surface area contributed by atoms with Gasteiger partial charge in [0, 0.05) is 6.07 Å². The van der Waals surface area contributed by atoms with Gasteiger partial charge >= 0.3 is 5.69 Å². The topological polar surface area (TPSA) is 88.2 Å². The number of ether oxygens (including phenoxy) is 2. The maximum Gasteiger partial charge on any atom is 0.369 e. The van der Waals surface area contributed by atoms with E-state index in [-0.39, 0.29) is 12.3 Å². The third-order valence-corrected chi connectivity index (χ3v) is 4.20. The van der Waals surface area contributed by atoms with Gasteiger partial charge in [-0.3, -0.25) is 4.79 Å². The minimum absolute atomic E-state index is 0.229. The van der Waals surface area contributed by atoms with Crippen molar-refractivity contribution in [1.29, 1.82) is 0 Å². The Labute approximate surface area is 140 Å². The highest BCUT2D eigenvalue weighted by atomic mass is 32.1. The van der Waals surface area contributed by atoms with E-state index < -0.39 is 5.69 Å². The minimum Gasteiger partial charge on any atom is -0.497 e. The first-order valence-corrected chi connectivity index (χ1v) is 7.84. The Balaban J connectivity index is 1.87. The van der Waals surface area contributed by atoms with E-state index in [1.54, 1.807) is 30.3 Å². The molecule has 0 radical (unpaired) electrons. The van der Waals surface area contributed by atoms with Gasteiger partial charge in [0.15, 0.2) is 5.78 Å². The molecule has 0 aliphatic carbocycles. The zero-order chi connectivity index (χ0) is 17.1. The van der Waals surface area contributed by atoms with Gasteiger partial charge in [0.25, 0.3) is 0 Å². The van der Waals surface area contributed by atoms with Gasteiger partial charge in [0.05, 0.1) is 19.8 Å². The van der Waals surface area contributed by atoms with E-state index in [1.807, 2.05) is 5.38 Å². The van der Waals surface area contributed by atoms with E-state index >= 15 is 0 Å². The molecule has 0 fully saturated rings. The number of carbonyl (C=O) groups excluding carboxylic acids is 1. The van der Waals surface area contributed by atoms with Gasteiger partial charge in [-0.15, -0.1) is 11.3 Å². The molecule has 0 saturated heterocycles. The molecule has 0 aliphatic heterocycles. The fraction of sp³-hybridized carbons (Fsp3) is 0.200. The molecule has 3 rings (SSSR count). The van der Waals surface area contributed by atoms with Crippen LogP contribution in [0.25, 0.3) is 5.00 Å². The number of nitrogens with zero attached hydrogens (tertiary/aromatic N) is 4. The van der Waals surface area contributed by atoms with Gasteiger partial charge in [0.2, 0.25) is 0 Å². The Hall–Kier alpha value is -2.94. The lowest BCUT2D eigenvalue weighted by Gasteiger charge is -2.09. The van der Waals surface area contributed by atoms with Crippen molar-refractivity contribution >= 4 is 17.1 Å². The highest BCUT2D eigenvalue weighted by Crippen LogP contribution is 2.25. The number of thiophene rings is 1. The quantitative estimate of drug-likeness (QED) is 0.627. The number of tetrazole rings is 1. The average Bonchev–Trinajstić information content (AvgIpc) is 3.24. The van der Waals surface area contributed by atoms with Crippen molar-refractivity contribution in [2.45, 2.75) is 6.54 Å². The molecule has 0 aliphatic rings. The molecule has 2 aromatic heterocycles. The molecule has 0 spiro atoms. The number of benzene rings is 1. The summed E-state index contributed by atoms with van der Waals surface area (Å²) in [5.74, 6) is 0.636. The molecule has 0 amide bonds. The smallest absolute Gasteiger partial charge is 0.369 e. The predicted molar refractivity (Wildman–Crippen MR) is 87.4 cm³/mol. The third-order valence-electron chi connectivity index (χ3n) is 3.36. The first-order valence-electron chi connectivity index (χ1n) is 6.96. The minimum atomic E-state index is -0.474. The molecule has 0 atom stereocenters. The Morgan fingerprint density at radius 3 is 2.71 bits per heavy atom. The van der Waals surface area contributed by atoms with Crippen LogP contribution in [0.1, 0.15) is 10.4 Å². The molecule has 124 valence electrons. The maximum atomic E-state index is 12.5. The summed E-state index contributed by atoms with van der Waals surface area (Å²) in [7, 11) is 2.99. The van der Waals surface area contributed by atoms with Gasteiger partial charge < -0.3 is 9.47 Å². The number of Topliss-reactive ketones (excluding diaryl/α,β-unsaturated/α-hetero) is 1. The summed E-state index contributed by atoms with van der Waals surface area (Å²) in [6.07, 6.45) is 0. The van der Waals surface area contributed by atoms with E-state index in [0.717, 1.165) is 9.36 Å². The molecule has 3 aromatic rings. The van der Waals surface area contributed by atoms with Crippen LogP contribution in [0.4, 0.5) is 0 Å². The summed E-state index contributed by atoms with van der Waals surface area (Å²) >= 11 is 1.36. The normalized spacial score (nSPS) is 10.6. The van der Waals surface area contributed by atoms with Crippen LogP contribution in [0.2, 0.25) is 0 Å². The van der Waals surface area contributed by atoms with Gasteiger partial charge in [-0.2, -0.15) is 9.36 Å². The van der Waals surface area contributed by atoms with Gasteiger partial charge in [-0.25, -0.2) is 4.79 Å². The molecule has 8 nitrogen and oxygen atoms in total. The zero-order valence-electron chi connectivity index (χ0n) is 13.0. The van der Waals surface area contributed by atoms with E-state index in [4.69, 9.17) is 9.47 Å². The molecule has 0 unspecified atom stereocenters. The van der Waals surface area contributed by atoms with Gasteiger partial charge in [0.1, 0.15) is 23.0 Å². The van der Waals surface area contributed by atoms with Crippen LogP contribution in [0, 0.1) is 0 Å². The highest BCUT2D eigenvalue weighted by Gasteiger charge is 2.17. The van der Waals surface area contributed by atoms with Crippen molar-refractivity contribution in [3.05, 3.63) is 51.8 Å². The van der Waals surface area contributed by atoms with Crippen molar-refractivity contribution in [2.75, 3.05) is 14.2 Å². The Morgan fingerprint density at radius 2 is 2.04 bits per heavy atom.